The lowest BCUT2D eigenvalue weighted by Crippen LogP contribution is -2.70. The van der Waals surface area contributed by atoms with Gasteiger partial charge in [0.2, 0.25) is 0 Å². The van der Waals surface area contributed by atoms with E-state index in [1.165, 1.54) is 6.92 Å². The second-order valence-electron chi connectivity index (χ2n) is 9.37. The van der Waals surface area contributed by atoms with Crippen molar-refractivity contribution < 1.29 is 85.7 Å². The fourth-order valence-electron chi connectivity index (χ4n) is 4.83. The number of esters is 3. The number of alkyl halides is 13. The van der Waals surface area contributed by atoms with E-state index >= 15 is 0 Å². The summed E-state index contributed by atoms with van der Waals surface area (Å²) < 4.78 is 186. The van der Waals surface area contributed by atoms with E-state index in [1.807, 2.05) is 0 Å². The molecule has 2 bridgehead atoms. The molecule has 5 atom stereocenters. The third kappa shape index (κ3) is 3.95. The van der Waals surface area contributed by atoms with E-state index in [4.69, 9.17) is 9.47 Å². The predicted molar refractivity (Wildman–Crippen MR) is 95.0 cm³/mol. The molecule has 19 heteroatoms. The number of hydrogen-bond acceptors (Lipinski definition) is 6. The van der Waals surface area contributed by atoms with Crippen LogP contribution in [0.1, 0.15) is 19.8 Å². The minimum atomic E-state index is -8.10. The van der Waals surface area contributed by atoms with E-state index in [0.29, 0.717) is 0 Å². The first-order chi connectivity index (χ1) is 17.3. The Hall–Kier alpha value is -2.76. The molecule has 0 amide bonds. The molecule has 2 saturated carbocycles. The molecule has 0 N–H and O–H groups in total. The molecule has 222 valence electrons. The molecule has 1 heterocycles. The largest absolute Gasteiger partial charge is 0.460 e. The maximum atomic E-state index is 14.0. The molecule has 0 aromatic rings. The Morgan fingerprint density at radius 1 is 0.923 bits per heavy atom. The number of rotatable bonds is 9. The van der Waals surface area contributed by atoms with Crippen LogP contribution in [0.4, 0.5) is 57.1 Å². The van der Waals surface area contributed by atoms with Crippen molar-refractivity contribution in [3.05, 3.63) is 12.2 Å². The summed E-state index contributed by atoms with van der Waals surface area (Å²) in [6, 6.07) is 0. The molecule has 3 aliphatic rings. The van der Waals surface area contributed by atoms with Gasteiger partial charge in [-0.1, -0.05) is 6.58 Å². The Balaban J connectivity index is 1.80. The van der Waals surface area contributed by atoms with Crippen molar-refractivity contribution in [3.63, 3.8) is 0 Å². The fraction of sp³-hybridized carbons (Fsp3) is 0.750. The van der Waals surface area contributed by atoms with Crippen molar-refractivity contribution in [2.75, 3.05) is 6.61 Å². The lowest BCUT2D eigenvalue weighted by molar-refractivity contribution is -0.441. The van der Waals surface area contributed by atoms with Gasteiger partial charge in [0, 0.05) is 17.4 Å². The van der Waals surface area contributed by atoms with Gasteiger partial charge in [-0.25, -0.2) is 4.79 Å². The second kappa shape index (κ2) is 8.62. The van der Waals surface area contributed by atoms with Crippen LogP contribution in [0.3, 0.4) is 0 Å². The number of halogens is 13. The van der Waals surface area contributed by atoms with E-state index in [-0.39, 0.29) is 12.0 Å². The first-order valence-electron chi connectivity index (χ1n) is 10.5. The smallest absolute Gasteiger partial charge is 0.458 e. The molecule has 3 fully saturated rings. The maximum Gasteiger partial charge on any atom is 0.460 e. The van der Waals surface area contributed by atoms with Crippen LogP contribution < -0.4 is 0 Å². The van der Waals surface area contributed by atoms with Gasteiger partial charge in [-0.3, -0.25) is 9.59 Å². The van der Waals surface area contributed by atoms with Crippen molar-refractivity contribution in [2.24, 2.45) is 17.3 Å². The average molecular weight is 598 g/mol. The second-order valence-corrected chi connectivity index (χ2v) is 9.37. The summed E-state index contributed by atoms with van der Waals surface area (Å²) in [5.74, 6) is -44.9. The van der Waals surface area contributed by atoms with Crippen LogP contribution >= 0.6 is 0 Å². The highest BCUT2D eigenvalue weighted by molar-refractivity contribution is 6.03. The van der Waals surface area contributed by atoms with Crippen LogP contribution in [0.5, 0.6) is 0 Å². The first-order valence-corrected chi connectivity index (χ1v) is 10.5. The van der Waals surface area contributed by atoms with Crippen molar-refractivity contribution in [1.82, 2.24) is 0 Å². The molecule has 1 aliphatic heterocycles. The molecule has 5 unspecified atom stereocenters. The van der Waals surface area contributed by atoms with Crippen molar-refractivity contribution in [3.8, 4) is 0 Å². The number of hydrogen-bond donors (Lipinski definition) is 0. The average Bonchev–Trinajstić information content (AvgIpc) is 3.38. The third-order valence-electron chi connectivity index (χ3n) is 6.90. The standard InChI is InChI=1S/C20H15F13O6/c1-6(2)11(34)38-9-7-3-8-10(9)39-13(36)14(8,4-7)12(35)37-5-15(21,22)16(23,24)17(25,26)18(27,28)19(29,30)20(31,32)33/h7-10H,1,3-5H2,2H3. The van der Waals surface area contributed by atoms with Gasteiger partial charge >= 0.3 is 53.7 Å². The van der Waals surface area contributed by atoms with E-state index < -0.39 is 96.2 Å². The van der Waals surface area contributed by atoms with Crippen LogP contribution in [0.25, 0.3) is 0 Å². The monoisotopic (exact) mass is 598 g/mol. The van der Waals surface area contributed by atoms with Crippen LogP contribution in [0.2, 0.25) is 0 Å². The van der Waals surface area contributed by atoms with E-state index in [9.17, 15) is 71.5 Å². The molecule has 0 aromatic carbocycles. The van der Waals surface area contributed by atoms with Crippen molar-refractivity contribution >= 4 is 17.9 Å². The van der Waals surface area contributed by atoms with Gasteiger partial charge in [0.15, 0.2) is 12.0 Å². The molecule has 3 rings (SSSR count). The molecule has 6 nitrogen and oxygen atoms in total. The highest BCUT2D eigenvalue weighted by atomic mass is 19.4. The van der Waals surface area contributed by atoms with Crippen LogP contribution in [-0.4, -0.2) is 72.5 Å². The van der Waals surface area contributed by atoms with E-state index in [1.54, 1.807) is 0 Å². The van der Waals surface area contributed by atoms with Gasteiger partial charge in [0.05, 0.1) is 0 Å². The summed E-state index contributed by atoms with van der Waals surface area (Å²) >= 11 is 0. The van der Waals surface area contributed by atoms with Gasteiger partial charge in [0.25, 0.3) is 0 Å². The number of ether oxygens (including phenoxy) is 3. The molecule has 0 aromatic heterocycles. The molecule has 39 heavy (non-hydrogen) atoms. The zero-order chi connectivity index (χ0) is 30.4. The van der Waals surface area contributed by atoms with Gasteiger partial charge in [-0.2, -0.15) is 57.1 Å². The van der Waals surface area contributed by atoms with Crippen molar-refractivity contribution in [2.45, 2.75) is 67.8 Å². The predicted octanol–water partition coefficient (Wildman–Crippen LogP) is 4.71. The topological polar surface area (TPSA) is 78.9 Å². The Bertz CT molecular complexity index is 1080. The summed E-state index contributed by atoms with van der Waals surface area (Å²) in [5, 5.41) is 0. The Kier molecular flexibility index (Phi) is 6.80. The highest BCUT2D eigenvalue weighted by Crippen LogP contribution is 2.64. The summed E-state index contributed by atoms with van der Waals surface area (Å²) in [6.45, 7) is 1.35. The normalized spacial score (nSPS) is 29.3. The lowest BCUT2D eigenvalue weighted by atomic mass is 9.73. The number of carbonyl (C=O) groups excluding carboxylic acids is 3. The first kappa shape index (κ1) is 30.8. The SMILES string of the molecule is C=C(C)C(=O)OC1C2CC3C1OC(=O)C3(C(=O)OCC(F)(F)C(F)(F)C(F)(F)C(F)(F)C(F)(F)C(F)(F)F)C2. The van der Waals surface area contributed by atoms with Gasteiger partial charge in [0.1, 0.15) is 12.2 Å². The minimum absolute atomic E-state index is 0.0775. The summed E-state index contributed by atoms with van der Waals surface area (Å²) in [4.78, 5) is 36.7. The minimum Gasteiger partial charge on any atom is -0.458 e. The quantitative estimate of drug-likeness (QED) is 0.126. The number of fused-ring (bicyclic) bond motifs is 1. The van der Waals surface area contributed by atoms with Crippen LogP contribution in [-0.2, 0) is 28.6 Å². The van der Waals surface area contributed by atoms with Crippen LogP contribution in [0, 0.1) is 17.3 Å². The summed E-state index contributed by atoms with van der Waals surface area (Å²) in [5.41, 5.74) is -2.56. The Labute approximate surface area is 208 Å². The van der Waals surface area contributed by atoms with Gasteiger partial charge in [-0.05, 0) is 19.8 Å². The summed E-state index contributed by atoms with van der Waals surface area (Å²) in [7, 11) is 0. The van der Waals surface area contributed by atoms with Crippen molar-refractivity contribution in [1.29, 1.82) is 0 Å². The zero-order valence-electron chi connectivity index (χ0n) is 19.0. The van der Waals surface area contributed by atoms with Gasteiger partial charge < -0.3 is 14.2 Å². The van der Waals surface area contributed by atoms with Crippen LogP contribution in [0.15, 0.2) is 12.2 Å². The Morgan fingerprint density at radius 2 is 1.44 bits per heavy atom. The third-order valence-corrected chi connectivity index (χ3v) is 6.90. The highest BCUT2D eigenvalue weighted by Gasteiger charge is 2.91. The Morgan fingerprint density at radius 3 is 1.92 bits per heavy atom. The zero-order valence-corrected chi connectivity index (χ0v) is 19.0. The maximum absolute atomic E-state index is 14.0. The number of carbonyl (C=O) groups is 3. The van der Waals surface area contributed by atoms with E-state index in [2.05, 4.69) is 11.3 Å². The fourth-order valence-corrected chi connectivity index (χ4v) is 4.83. The molecule has 0 spiro atoms. The van der Waals surface area contributed by atoms with Gasteiger partial charge in [-0.15, -0.1) is 0 Å². The summed E-state index contributed by atoms with van der Waals surface area (Å²) in [6.07, 6.45) is -10.8. The van der Waals surface area contributed by atoms with E-state index in [0.717, 1.165) is 0 Å². The molecular formula is C20H15F13O6. The lowest BCUT2D eigenvalue weighted by Gasteiger charge is -2.39. The molecular weight excluding hydrogens is 583 g/mol. The molecule has 1 saturated heterocycles. The molecule has 0 radical (unpaired) electrons. The molecule has 2 aliphatic carbocycles.